The Balaban J connectivity index is 0.000000253. The van der Waals surface area contributed by atoms with Gasteiger partial charge in [-0.3, -0.25) is 19.4 Å². The third kappa shape index (κ3) is 18.8. The SMILES string of the molecule is C.COCc1c(-c2cc3cc(C)cc(OC)c3s2)c2c(N)ncnn2c1CN1CCNC(=O)C1.COCc1c(Br)c2c(N)ncnn2c1CN1CCNC(=O)C1.COc1cc(C)cc2cc(B(O)O)sc12.I.[I][V]([I])[I].[I][V][I]. The van der Waals surface area contributed by atoms with E-state index in [2.05, 4.69) is 175 Å². The fourth-order valence-electron chi connectivity index (χ4n) is 8.75. The summed E-state index contributed by atoms with van der Waals surface area (Å²) < 4.78 is 28.8. The van der Waals surface area contributed by atoms with Gasteiger partial charge in [-0.25, -0.2) is 19.0 Å². The van der Waals surface area contributed by atoms with E-state index in [1.165, 1.54) is 24.0 Å². The summed E-state index contributed by atoms with van der Waals surface area (Å²) >= 11 is 18.7. The summed E-state index contributed by atoms with van der Waals surface area (Å²) in [6.07, 6.45) is 2.89. The van der Waals surface area contributed by atoms with E-state index in [0.29, 0.717) is 78.4 Å². The molecule has 2 aliphatic rings. The molecule has 6 aromatic heterocycles. The number of anilines is 2. The van der Waals surface area contributed by atoms with E-state index in [1.54, 1.807) is 50.4 Å². The summed E-state index contributed by atoms with van der Waals surface area (Å²) in [6.45, 7) is 9.55. The predicted octanol–water partition coefficient (Wildman–Crippen LogP) is 9.32. The van der Waals surface area contributed by atoms with E-state index in [0.717, 1.165) is 104 Å². The number of fused-ring (bicyclic) bond motifs is 4. The topological polar surface area (TPSA) is 254 Å². The molecule has 0 radical (unpaired) electrons. The van der Waals surface area contributed by atoms with E-state index in [-0.39, 0.29) is 48.1 Å². The van der Waals surface area contributed by atoms with Gasteiger partial charge in [-0.15, -0.1) is 46.7 Å². The van der Waals surface area contributed by atoms with Crippen molar-refractivity contribution in [2.75, 3.05) is 79.2 Å². The molecule has 79 heavy (non-hydrogen) atoms. The summed E-state index contributed by atoms with van der Waals surface area (Å²) in [5.74, 6) is 2.50. The Morgan fingerprint density at radius 1 is 0.747 bits per heavy atom. The van der Waals surface area contributed by atoms with Gasteiger partial charge in [0.25, 0.3) is 0 Å². The number of rotatable bonds is 12. The number of nitrogen functional groups attached to an aromatic ring is 2. The Bertz CT molecular complexity index is 3330. The first-order chi connectivity index (χ1) is 36.9. The molecule has 2 saturated heterocycles. The Morgan fingerprint density at radius 2 is 1.19 bits per heavy atom. The zero-order valence-electron chi connectivity index (χ0n) is 42.7. The van der Waals surface area contributed by atoms with E-state index >= 15 is 0 Å². The van der Waals surface area contributed by atoms with Crippen LogP contribution in [0.5, 0.6) is 11.5 Å². The number of carbonyl (C=O) groups is 2. The number of aryl methyl sites for hydroxylation is 2. The second-order valence-corrected chi connectivity index (χ2v) is 67.1. The van der Waals surface area contributed by atoms with Crippen LogP contribution >= 0.6 is 162 Å². The summed E-state index contributed by atoms with van der Waals surface area (Å²) in [5.41, 5.74) is 20.9. The average molecular weight is 1940 g/mol. The first-order valence-electron chi connectivity index (χ1n) is 23.0. The number of hydrogen-bond acceptors (Lipinski definition) is 18. The molecule has 0 bridgehead atoms. The normalized spacial score (nSPS) is 13.4. The number of benzene rings is 2. The van der Waals surface area contributed by atoms with Crippen LogP contribution in [-0.2, 0) is 59.8 Å². The van der Waals surface area contributed by atoms with Crippen molar-refractivity contribution in [2.45, 2.75) is 47.6 Å². The summed E-state index contributed by atoms with van der Waals surface area (Å²) in [4.78, 5) is 36.8. The van der Waals surface area contributed by atoms with E-state index < -0.39 is 7.12 Å². The van der Waals surface area contributed by atoms with Crippen LogP contribution in [0.4, 0.5) is 11.6 Å². The number of nitrogens with one attached hydrogen (secondary N) is 2. The van der Waals surface area contributed by atoms with E-state index in [1.807, 2.05) is 29.6 Å². The van der Waals surface area contributed by atoms with Gasteiger partial charge in [0, 0.05) is 79.8 Å². The van der Waals surface area contributed by atoms with Crippen LogP contribution in [-0.4, -0.2) is 136 Å². The molecule has 429 valence electrons. The molecule has 10 rings (SSSR count). The molecule has 2 amide bonds. The number of nitrogens with two attached hydrogens (primary N) is 2. The van der Waals surface area contributed by atoms with E-state index in [4.69, 9.17) is 40.5 Å². The number of ether oxygens (including phenoxy) is 4. The number of nitrogens with zero attached hydrogens (tertiary/aromatic N) is 8. The van der Waals surface area contributed by atoms with Crippen molar-refractivity contribution in [3.05, 3.63) is 87.2 Å². The molecular weight excluding hydrogens is 1880 g/mol. The molecule has 2 fully saturated rings. The van der Waals surface area contributed by atoms with Crippen molar-refractivity contribution < 1.29 is 53.0 Å². The summed E-state index contributed by atoms with van der Waals surface area (Å²) in [6, 6.07) is 12.1. The van der Waals surface area contributed by atoms with Crippen LogP contribution in [0.25, 0.3) is 41.6 Å². The summed E-state index contributed by atoms with van der Waals surface area (Å²) in [7, 11) is 5.84. The molecule has 8 heterocycles. The maximum atomic E-state index is 12.0. The number of carbonyl (C=O) groups excluding carboxylic acids is 2. The van der Waals surface area contributed by atoms with Gasteiger partial charge in [-0.1, -0.05) is 19.6 Å². The molecule has 20 nitrogen and oxygen atoms in total. The Kier molecular flexibility index (Phi) is 31.2. The third-order valence-electron chi connectivity index (χ3n) is 11.8. The van der Waals surface area contributed by atoms with Crippen molar-refractivity contribution in [1.29, 1.82) is 0 Å². The quantitative estimate of drug-likeness (QED) is 0.0492. The number of aromatic nitrogens is 6. The second-order valence-electron chi connectivity index (χ2n) is 17.0. The van der Waals surface area contributed by atoms with Gasteiger partial charge in [-0.05, 0) is 75.9 Å². The number of piperazine rings is 2. The van der Waals surface area contributed by atoms with Gasteiger partial charge in [0.05, 0.1) is 65.8 Å². The number of thiophene rings is 2. The third-order valence-corrected chi connectivity index (χ3v) is 15.1. The fraction of sp³-hybridized carbons (Fsp3) is 0.362. The van der Waals surface area contributed by atoms with Crippen LogP contribution in [0.2, 0.25) is 0 Å². The molecule has 0 saturated carbocycles. The van der Waals surface area contributed by atoms with Gasteiger partial charge in [-0.2, -0.15) is 10.2 Å². The first kappa shape index (κ1) is 71.1. The van der Waals surface area contributed by atoms with Gasteiger partial charge >= 0.3 is 121 Å². The van der Waals surface area contributed by atoms with Crippen LogP contribution in [0, 0.1) is 13.8 Å². The Labute approximate surface area is 559 Å². The van der Waals surface area contributed by atoms with Crippen molar-refractivity contribution in [1.82, 2.24) is 49.6 Å². The maximum absolute atomic E-state index is 12.0. The van der Waals surface area contributed by atoms with Crippen LogP contribution in [0.1, 0.15) is 41.1 Å². The van der Waals surface area contributed by atoms with Crippen LogP contribution < -0.4 is 36.4 Å². The molecule has 0 aliphatic carbocycles. The standard InChI is InChI=1S/C23H26N6O3S.C13H17BrN6O2.C10H11BO3S.CH4.6HI.2V/c1-13-6-14-8-18(33-22(14)17(7-13)32-3)20-15(11-31-2)16(9-28-5-4-25-19(30)10-28)29-21(20)23(24)26-12-27-29;1-22-6-8-9(4-19-3-2-16-10(21)5-19)20-12(11(8)14)13(15)17-7-18-20;1-6-3-7-5-9(11(12)13)15-10(7)8(4-6)14-2;;;;;;;;;/h6-8,12H,4-5,9-11H2,1-3H3,(H,25,30)(H2,24,26,27);7H,2-6H2,1H3,(H,16,21)(H2,15,17,18);3-5,12-13H,1-2H3;1H4;6*1H;;/q;;;;;;;;;;+2;+3/p-5. The van der Waals surface area contributed by atoms with Crippen LogP contribution in [0.3, 0.4) is 0 Å². The Morgan fingerprint density at radius 3 is 1.66 bits per heavy atom. The minimum absolute atomic E-state index is 0. The van der Waals surface area contributed by atoms with E-state index in [9.17, 15) is 9.59 Å². The predicted molar refractivity (Wildman–Crippen MR) is 368 cm³/mol. The fourth-order valence-corrected chi connectivity index (χ4v) is 11.7. The Hall–Kier alpha value is -0.406. The molecule has 2 aromatic carbocycles. The summed E-state index contributed by atoms with van der Waals surface area (Å²) in [5, 5.41) is 34.8. The number of methoxy groups -OCH3 is 4. The van der Waals surface area contributed by atoms with Gasteiger partial charge in [0.2, 0.25) is 11.8 Å². The molecule has 0 spiro atoms. The molecule has 2 aliphatic heterocycles. The van der Waals surface area contributed by atoms with Crippen molar-refractivity contribution >= 4 is 229 Å². The zero-order chi connectivity index (χ0) is 56.1. The van der Waals surface area contributed by atoms with Crippen molar-refractivity contribution in [3.63, 3.8) is 0 Å². The molecule has 8 aromatic rings. The monoisotopic (exact) mass is 1940 g/mol. The minimum atomic E-state index is -1.41. The average Bonchev–Trinajstić information content (AvgIpc) is 4.23. The van der Waals surface area contributed by atoms with Crippen molar-refractivity contribution in [3.8, 4) is 21.9 Å². The number of halogens is 7. The number of amides is 2. The van der Waals surface area contributed by atoms with Gasteiger partial charge in [0.1, 0.15) is 35.2 Å². The molecule has 0 unspecified atom stereocenters. The molecule has 32 heteroatoms. The van der Waals surface area contributed by atoms with Crippen LogP contribution in [0.15, 0.2) is 53.5 Å². The van der Waals surface area contributed by atoms with Gasteiger partial charge < -0.3 is 51.1 Å². The van der Waals surface area contributed by atoms with Crippen molar-refractivity contribution in [2.24, 2.45) is 0 Å². The zero-order valence-corrected chi connectivity index (χ0v) is 61.9. The second kappa shape index (κ2) is 34.7. The first-order valence-corrected chi connectivity index (χ1v) is 47.9. The molecule has 8 N–H and O–H groups in total. The number of hydrogen-bond donors (Lipinski definition) is 6. The molecule has 0 atom stereocenters. The van der Waals surface area contributed by atoms with Gasteiger partial charge in [0.15, 0.2) is 11.6 Å². The molecular formula is C47H59BBrI6N12O8S2V2.